The van der Waals surface area contributed by atoms with E-state index in [0.29, 0.717) is 6.42 Å². The lowest BCUT2D eigenvalue weighted by atomic mass is 9.73. The van der Waals surface area contributed by atoms with E-state index < -0.39 is 0 Å². The second-order valence-electron chi connectivity index (χ2n) is 7.86. The van der Waals surface area contributed by atoms with E-state index in [1.807, 2.05) is 48.5 Å². The number of ether oxygens (including phenoxy) is 1. The Morgan fingerprint density at radius 3 is 2.58 bits per heavy atom. The van der Waals surface area contributed by atoms with Crippen LogP contribution < -0.4 is 15.4 Å². The first-order valence-corrected chi connectivity index (χ1v) is 9.00. The van der Waals surface area contributed by atoms with Crippen molar-refractivity contribution in [1.82, 2.24) is 0 Å². The molecule has 1 aliphatic heterocycles. The Bertz CT molecular complexity index is 899. The number of allylic oxidation sites excluding steroid dienone is 1. The Balaban J connectivity index is 1.88. The number of Topliss-reactive ketones (excluding diaryl/α,β-unsaturated/α-hetero) is 1. The van der Waals surface area contributed by atoms with Crippen LogP contribution in [0.15, 0.2) is 59.8 Å². The van der Waals surface area contributed by atoms with E-state index >= 15 is 0 Å². The van der Waals surface area contributed by atoms with Crippen molar-refractivity contribution in [3.63, 3.8) is 0 Å². The summed E-state index contributed by atoms with van der Waals surface area (Å²) < 4.78 is 5.40. The monoisotopic (exact) mass is 348 g/mol. The Labute approximate surface area is 154 Å². The molecule has 2 N–H and O–H groups in total. The molecule has 26 heavy (non-hydrogen) atoms. The van der Waals surface area contributed by atoms with Crippen molar-refractivity contribution in [3.05, 3.63) is 65.4 Å². The van der Waals surface area contributed by atoms with Crippen LogP contribution in [0.3, 0.4) is 0 Å². The zero-order valence-corrected chi connectivity index (χ0v) is 15.4. The molecule has 4 nitrogen and oxygen atoms in total. The van der Waals surface area contributed by atoms with E-state index in [1.54, 1.807) is 7.11 Å². The highest BCUT2D eigenvalue weighted by atomic mass is 16.5. The van der Waals surface area contributed by atoms with Crippen molar-refractivity contribution in [3.8, 4) is 5.75 Å². The van der Waals surface area contributed by atoms with Gasteiger partial charge in [0, 0.05) is 17.7 Å². The Morgan fingerprint density at radius 2 is 1.81 bits per heavy atom. The van der Waals surface area contributed by atoms with Crippen molar-refractivity contribution >= 4 is 17.2 Å². The molecule has 1 aliphatic carbocycles. The fraction of sp³-hybridized carbons (Fsp3) is 0.318. The highest BCUT2D eigenvalue weighted by Crippen LogP contribution is 2.45. The molecule has 1 heterocycles. The molecule has 2 aromatic carbocycles. The van der Waals surface area contributed by atoms with Gasteiger partial charge < -0.3 is 15.4 Å². The summed E-state index contributed by atoms with van der Waals surface area (Å²) >= 11 is 0. The van der Waals surface area contributed by atoms with Crippen LogP contribution in [0.4, 0.5) is 11.4 Å². The molecular weight excluding hydrogens is 324 g/mol. The molecule has 4 rings (SSSR count). The fourth-order valence-electron chi connectivity index (χ4n) is 3.96. The van der Waals surface area contributed by atoms with E-state index in [9.17, 15) is 4.79 Å². The van der Waals surface area contributed by atoms with Crippen molar-refractivity contribution in [2.45, 2.75) is 32.7 Å². The van der Waals surface area contributed by atoms with E-state index in [1.165, 1.54) is 0 Å². The predicted octanol–water partition coefficient (Wildman–Crippen LogP) is 4.92. The van der Waals surface area contributed by atoms with Gasteiger partial charge in [-0.05, 0) is 41.7 Å². The van der Waals surface area contributed by atoms with E-state index in [0.717, 1.165) is 40.4 Å². The Hall–Kier alpha value is -2.75. The summed E-state index contributed by atoms with van der Waals surface area (Å²) in [6.07, 6.45) is 1.41. The summed E-state index contributed by atoms with van der Waals surface area (Å²) in [6, 6.07) is 15.9. The number of ketones is 1. The lowest BCUT2D eigenvalue weighted by Crippen LogP contribution is -2.31. The van der Waals surface area contributed by atoms with Crippen molar-refractivity contribution in [2.75, 3.05) is 17.7 Å². The summed E-state index contributed by atoms with van der Waals surface area (Å²) in [5, 5.41) is 7.13. The van der Waals surface area contributed by atoms with Crippen LogP contribution in [0.5, 0.6) is 5.75 Å². The molecule has 0 aromatic heterocycles. The van der Waals surface area contributed by atoms with Crippen LogP contribution in [0, 0.1) is 5.41 Å². The van der Waals surface area contributed by atoms with Gasteiger partial charge in [0.05, 0.1) is 24.5 Å². The maximum Gasteiger partial charge on any atom is 0.163 e. The molecule has 0 radical (unpaired) electrons. The Kier molecular flexibility index (Phi) is 3.98. The molecule has 4 heteroatoms. The van der Waals surface area contributed by atoms with Crippen LogP contribution in [-0.4, -0.2) is 12.9 Å². The first-order valence-electron chi connectivity index (χ1n) is 9.00. The normalized spacial score (nSPS) is 21.0. The minimum Gasteiger partial charge on any atom is -0.497 e. The number of hydrogen-bond acceptors (Lipinski definition) is 4. The summed E-state index contributed by atoms with van der Waals surface area (Å²) in [5.41, 5.74) is 4.87. The lowest BCUT2D eigenvalue weighted by Gasteiger charge is -2.34. The predicted molar refractivity (Wildman–Crippen MR) is 104 cm³/mol. The van der Waals surface area contributed by atoms with Gasteiger partial charge in [0.2, 0.25) is 0 Å². The van der Waals surface area contributed by atoms with Gasteiger partial charge in [-0.1, -0.05) is 38.1 Å². The Morgan fingerprint density at radius 1 is 1.04 bits per heavy atom. The number of anilines is 2. The van der Waals surface area contributed by atoms with Crippen LogP contribution in [0.1, 0.15) is 38.3 Å². The summed E-state index contributed by atoms with van der Waals surface area (Å²) in [5.74, 6) is 0.998. The number of rotatable bonds is 2. The summed E-state index contributed by atoms with van der Waals surface area (Å²) in [4.78, 5) is 13.1. The number of benzene rings is 2. The first-order chi connectivity index (χ1) is 12.5. The number of methoxy groups -OCH3 is 1. The second kappa shape index (κ2) is 6.20. The maximum atomic E-state index is 13.1. The molecule has 0 saturated heterocycles. The first kappa shape index (κ1) is 16.7. The van der Waals surface area contributed by atoms with Crippen LogP contribution in [-0.2, 0) is 4.79 Å². The third-order valence-corrected chi connectivity index (χ3v) is 5.15. The third-order valence-electron chi connectivity index (χ3n) is 5.15. The molecule has 1 atom stereocenters. The molecule has 0 bridgehead atoms. The average Bonchev–Trinajstić information content (AvgIpc) is 2.77. The molecule has 2 aromatic rings. The molecule has 0 amide bonds. The fourth-order valence-corrected chi connectivity index (χ4v) is 3.96. The number of carbonyl (C=O) groups is 1. The van der Waals surface area contributed by atoms with E-state index in [-0.39, 0.29) is 17.2 Å². The number of nitrogens with one attached hydrogen (secondary N) is 2. The zero-order valence-electron chi connectivity index (χ0n) is 15.4. The largest absolute Gasteiger partial charge is 0.497 e. The number of carbonyl (C=O) groups excluding carboxylic acids is 1. The topological polar surface area (TPSA) is 50.4 Å². The smallest absolute Gasteiger partial charge is 0.163 e. The standard InChI is InChI=1S/C22H24N2O2/c1-22(2)12-18-20(19(25)13-22)21(14-7-6-8-15(11-14)26-3)24-17-10-5-4-9-16(17)23-18/h4-11,21,23-24H,12-13H2,1-3H3/t21-/m0/s1. The highest BCUT2D eigenvalue weighted by molar-refractivity contribution is 6.01. The molecule has 0 spiro atoms. The SMILES string of the molecule is COc1cccc([C@@H]2Nc3ccccc3NC3=C2C(=O)CC(C)(C)C3)c1. The summed E-state index contributed by atoms with van der Waals surface area (Å²) in [6.45, 7) is 4.31. The third kappa shape index (κ3) is 2.96. The number of hydrogen-bond donors (Lipinski definition) is 2. The lowest BCUT2D eigenvalue weighted by molar-refractivity contribution is -0.118. The minimum absolute atomic E-state index is 0.0405. The quantitative estimate of drug-likeness (QED) is 0.809. The van der Waals surface area contributed by atoms with Gasteiger partial charge in [-0.15, -0.1) is 0 Å². The van der Waals surface area contributed by atoms with Gasteiger partial charge in [-0.25, -0.2) is 0 Å². The number of para-hydroxylation sites is 2. The van der Waals surface area contributed by atoms with Gasteiger partial charge in [-0.3, -0.25) is 4.79 Å². The highest BCUT2D eigenvalue weighted by Gasteiger charge is 2.38. The van der Waals surface area contributed by atoms with Crippen molar-refractivity contribution < 1.29 is 9.53 Å². The van der Waals surface area contributed by atoms with E-state index in [2.05, 4.69) is 24.5 Å². The van der Waals surface area contributed by atoms with Gasteiger partial charge in [0.15, 0.2) is 5.78 Å². The zero-order chi connectivity index (χ0) is 18.3. The summed E-state index contributed by atoms with van der Waals surface area (Å²) in [7, 11) is 1.66. The molecule has 0 unspecified atom stereocenters. The van der Waals surface area contributed by atoms with Crippen LogP contribution in [0.25, 0.3) is 0 Å². The second-order valence-corrected chi connectivity index (χ2v) is 7.86. The van der Waals surface area contributed by atoms with E-state index in [4.69, 9.17) is 4.74 Å². The van der Waals surface area contributed by atoms with Crippen LogP contribution >= 0.6 is 0 Å². The number of fused-ring (bicyclic) bond motifs is 1. The maximum absolute atomic E-state index is 13.1. The van der Waals surface area contributed by atoms with Gasteiger partial charge in [0.1, 0.15) is 5.75 Å². The van der Waals surface area contributed by atoms with Gasteiger partial charge >= 0.3 is 0 Å². The van der Waals surface area contributed by atoms with Gasteiger partial charge in [-0.2, -0.15) is 0 Å². The average molecular weight is 348 g/mol. The molecule has 0 saturated carbocycles. The van der Waals surface area contributed by atoms with Crippen molar-refractivity contribution in [1.29, 1.82) is 0 Å². The molecule has 0 fully saturated rings. The minimum atomic E-state index is -0.195. The van der Waals surface area contributed by atoms with Gasteiger partial charge in [0.25, 0.3) is 0 Å². The molecule has 134 valence electrons. The van der Waals surface area contributed by atoms with Crippen LogP contribution in [0.2, 0.25) is 0 Å². The molecule has 2 aliphatic rings. The molecular formula is C22H24N2O2. The van der Waals surface area contributed by atoms with Crippen molar-refractivity contribution in [2.24, 2.45) is 5.41 Å².